The zero-order chi connectivity index (χ0) is 23.3. The van der Waals surface area contributed by atoms with Gasteiger partial charge in [0.05, 0.1) is 11.3 Å². The van der Waals surface area contributed by atoms with E-state index >= 15 is 0 Å². The zero-order valence-electron chi connectivity index (χ0n) is 18.4. The Morgan fingerprint density at radius 1 is 1.22 bits per heavy atom. The average molecular weight is 480 g/mol. The number of amides is 2. The van der Waals surface area contributed by atoms with E-state index in [2.05, 4.69) is 9.97 Å². The second-order valence-corrected chi connectivity index (χ2v) is 8.79. The molecule has 0 bridgehead atoms. The fourth-order valence-corrected chi connectivity index (χ4v) is 4.65. The highest BCUT2D eigenvalue weighted by Gasteiger charge is 2.30. The third-order valence-corrected chi connectivity index (χ3v) is 6.44. The van der Waals surface area contributed by atoms with Crippen LogP contribution in [0.2, 0.25) is 5.15 Å². The maximum Gasteiger partial charge on any atom is 0.257 e. The SMILES string of the molecule is CCN(CC)C(=O)CSc1nc(Cl)cc(N2CCN(C(=O)c3ccccc3F)C(C)C2)n1. The minimum atomic E-state index is -0.518. The van der Waals surface area contributed by atoms with Gasteiger partial charge in [0.25, 0.3) is 5.91 Å². The molecule has 0 N–H and O–H groups in total. The summed E-state index contributed by atoms with van der Waals surface area (Å²) in [4.78, 5) is 39.4. The Labute approximate surface area is 196 Å². The van der Waals surface area contributed by atoms with E-state index in [1.165, 1.54) is 23.9 Å². The molecule has 3 rings (SSSR count). The molecule has 7 nitrogen and oxygen atoms in total. The number of carbonyl (C=O) groups excluding carboxylic acids is 2. The van der Waals surface area contributed by atoms with E-state index in [0.717, 1.165) is 0 Å². The van der Waals surface area contributed by atoms with Crippen LogP contribution in [-0.4, -0.2) is 76.1 Å². The van der Waals surface area contributed by atoms with Gasteiger partial charge in [-0.2, -0.15) is 0 Å². The first kappa shape index (κ1) is 24.3. The summed E-state index contributed by atoms with van der Waals surface area (Å²) < 4.78 is 14.1. The van der Waals surface area contributed by atoms with Crippen molar-refractivity contribution in [3.8, 4) is 0 Å². The maximum atomic E-state index is 14.1. The van der Waals surface area contributed by atoms with E-state index in [9.17, 15) is 14.0 Å². The molecule has 2 amide bonds. The van der Waals surface area contributed by atoms with Gasteiger partial charge >= 0.3 is 0 Å². The van der Waals surface area contributed by atoms with Gasteiger partial charge in [0.2, 0.25) is 5.91 Å². The molecule has 1 aromatic heterocycles. The lowest BCUT2D eigenvalue weighted by Gasteiger charge is -2.40. The van der Waals surface area contributed by atoms with E-state index in [1.54, 1.807) is 28.0 Å². The number of rotatable bonds is 7. The van der Waals surface area contributed by atoms with Crippen LogP contribution in [0.4, 0.5) is 10.2 Å². The third-order valence-electron chi connectivity index (χ3n) is 5.42. The largest absolute Gasteiger partial charge is 0.353 e. The quantitative estimate of drug-likeness (QED) is 0.343. The van der Waals surface area contributed by atoms with E-state index in [-0.39, 0.29) is 29.2 Å². The topological polar surface area (TPSA) is 69.6 Å². The van der Waals surface area contributed by atoms with Crippen molar-refractivity contribution in [1.82, 2.24) is 19.8 Å². The number of hydrogen-bond acceptors (Lipinski definition) is 6. The molecule has 32 heavy (non-hydrogen) atoms. The second-order valence-electron chi connectivity index (χ2n) is 7.46. The van der Waals surface area contributed by atoms with Crippen molar-refractivity contribution in [1.29, 1.82) is 0 Å². The molecular formula is C22H27ClFN5O2S. The van der Waals surface area contributed by atoms with Crippen molar-refractivity contribution >= 4 is 41.0 Å². The molecule has 2 aromatic rings. The summed E-state index contributed by atoms with van der Waals surface area (Å²) in [7, 11) is 0. The highest BCUT2D eigenvalue weighted by molar-refractivity contribution is 7.99. The van der Waals surface area contributed by atoms with Gasteiger partial charge in [-0.1, -0.05) is 35.5 Å². The maximum absolute atomic E-state index is 14.1. The van der Waals surface area contributed by atoms with Crippen LogP contribution >= 0.6 is 23.4 Å². The predicted octanol–water partition coefficient (Wildman–Crippen LogP) is 3.58. The van der Waals surface area contributed by atoms with Crippen LogP contribution < -0.4 is 4.90 Å². The molecular weight excluding hydrogens is 453 g/mol. The van der Waals surface area contributed by atoms with Crippen LogP contribution in [0.5, 0.6) is 0 Å². The van der Waals surface area contributed by atoms with Crippen molar-refractivity contribution in [3.05, 3.63) is 46.9 Å². The third kappa shape index (κ3) is 5.69. The molecule has 1 unspecified atom stereocenters. The lowest BCUT2D eigenvalue weighted by Crippen LogP contribution is -2.54. The van der Waals surface area contributed by atoms with Gasteiger partial charge < -0.3 is 14.7 Å². The Morgan fingerprint density at radius 2 is 1.94 bits per heavy atom. The van der Waals surface area contributed by atoms with Gasteiger partial charge in [-0.15, -0.1) is 0 Å². The van der Waals surface area contributed by atoms with E-state index in [4.69, 9.17) is 11.6 Å². The molecule has 1 fully saturated rings. The lowest BCUT2D eigenvalue weighted by molar-refractivity contribution is -0.127. The number of halogens is 2. The number of hydrogen-bond donors (Lipinski definition) is 0. The van der Waals surface area contributed by atoms with Crippen molar-refractivity contribution in [2.45, 2.75) is 32.0 Å². The number of nitrogens with zero attached hydrogens (tertiary/aromatic N) is 5. The highest BCUT2D eigenvalue weighted by Crippen LogP contribution is 2.25. The number of thioether (sulfide) groups is 1. The number of anilines is 1. The van der Waals surface area contributed by atoms with Crippen LogP contribution in [-0.2, 0) is 4.79 Å². The molecule has 1 aliphatic heterocycles. The summed E-state index contributed by atoms with van der Waals surface area (Å²) in [5.74, 6) is 0.0763. The number of aromatic nitrogens is 2. The van der Waals surface area contributed by atoms with Gasteiger partial charge in [0, 0.05) is 44.8 Å². The molecule has 1 saturated heterocycles. The number of benzene rings is 1. The minimum absolute atomic E-state index is 0.0269. The van der Waals surface area contributed by atoms with Gasteiger partial charge in [-0.05, 0) is 32.9 Å². The van der Waals surface area contributed by atoms with Gasteiger partial charge in [-0.25, -0.2) is 14.4 Å². The van der Waals surface area contributed by atoms with Gasteiger partial charge in [0.1, 0.15) is 16.8 Å². The standard InChI is InChI=1S/C22H27ClFN5O2S/c1-4-27(5-2)20(30)14-32-22-25-18(23)12-19(26-22)28-10-11-29(15(3)13-28)21(31)16-8-6-7-9-17(16)24/h6-9,12,15H,4-5,10-11,13-14H2,1-3H3. The van der Waals surface area contributed by atoms with Crippen molar-refractivity contribution in [2.75, 3.05) is 43.4 Å². The molecule has 1 aliphatic rings. The first-order valence-electron chi connectivity index (χ1n) is 10.6. The van der Waals surface area contributed by atoms with Crippen LogP contribution in [0.1, 0.15) is 31.1 Å². The highest BCUT2D eigenvalue weighted by atomic mass is 35.5. The Bertz CT molecular complexity index is 975. The first-order valence-corrected chi connectivity index (χ1v) is 12.0. The zero-order valence-corrected chi connectivity index (χ0v) is 20.0. The van der Waals surface area contributed by atoms with E-state index < -0.39 is 5.82 Å². The normalized spacial score (nSPS) is 16.2. The molecule has 1 aromatic carbocycles. The monoisotopic (exact) mass is 479 g/mol. The Balaban J connectivity index is 1.67. The van der Waals surface area contributed by atoms with Crippen molar-refractivity contribution in [3.63, 3.8) is 0 Å². The minimum Gasteiger partial charge on any atom is -0.353 e. The van der Waals surface area contributed by atoms with Gasteiger partial charge in [-0.3, -0.25) is 9.59 Å². The molecule has 172 valence electrons. The fourth-order valence-electron chi connectivity index (χ4n) is 3.66. The second kappa shape index (κ2) is 11.0. The summed E-state index contributed by atoms with van der Waals surface area (Å²) in [6, 6.07) is 7.55. The lowest BCUT2D eigenvalue weighted by atomic mass is 10.1. The van der Waals surface area contributed by atoms with Crippen molar-refractivity contribution < 1.29 is 14.0 Å². The Morgan fingerprint density at radius 3 is 2.59 bits per heavy atom. The molecule has 2 heterocycles. The van der Waals surface area contributed by atoms with Crippen LogP contribution in [0.3, 0.4) is 0 Å². The van der Waals surface area contributed by atoms with E-state index in [0.29, 0.717) is 48.9 Å². The molecule has 0 saturated carbocycles. The van der Waals surface area contributed by atoms with Gasteiger partial charge in [0.15, 0.2) is 5.16 Å². The fraction of sp³-hybridized carbons (Fsp3) is 0.455. The molecule has 0 radical (unpaired) electrons. The molecule has 0 aliphatic carbocycles. The van der Waals surface area contributed by atoms with Crippen LogP contribution in [0.25, 0.3) is 0 Å². The summed E-state index contributed by atoms with van der Waals surface area (Å²) in [5, 5.41) is 0.732. The first-order chi connectivity index (χ1) is 15.3. The summed E-state index contributed by atoms with van der Waals surface area (Å²) in [6.07, 6.45) is 0. The van der Waals surface area contributed by atoms with E-state index in [1.807, 2.05) is 25.7 Å². The number of carbonyl (C=O) groups is 2. The Hall–Kier alpha value is -2.39. The smallest absolute Gasteiger partial charge is 0.257 e. The Kier molecular flexibility index (Phi) is 8.31. The number of piperazine rings is 1. The summed E-state index contributed by atoms with van der Waals surface area (Å²) in [5.41, 5.74) is 0.0782. The summed E-state index contributed by atoms with van der Waals surface area (Å²) in [6.45, 7) is 8.60. The average Bonchev–Trinajstić information content (AvgIpc) is 2.78. The van der Waals surface area contributed by atoms with Crippen molar-refractivity contribution in [2.24, 2.45) is 0 Å². The molecule has 10 heteroatoms. The van der Waals surface area contributed by atoms with Crippen LogP contribution in [0, 0.1) is 5.82 Å². The predicted molar refractivity (Wildman–Crippen MR) is 125 cm³/mol. The molecule has 1 atom stereocenters. The summed E-state index contributed by atoms with van der Waals surface area (Å²) >= 11 is 7.48. The molecule has 0 spiro atoms. The van der Waals surface area contributed by atoms with Crippen LogP contribution in [0.15, 0.2) is 35.5 Å².